The van der Waals surface area contributed by atoms with E-state index in [0.29, 0.717) is 23.8 Å². The second-order valence-electron chi connectivity index (χ2n) is 8.05. The molecule has 3 rings (SSSR count). The second-order valence-corrected chi connectivity index (χ2v) is 8.05. The number of anilines is 1. The van der Waals surface area contributed by atoms with Gasteiger partial charge in [-0.3, -0.25) is 4.79 Å². The highest BCUT2D eigenvalue weighted by atomic mass is 16.5. The molecule has 0 aliphatic carbocycles. The number of amides is 1. The van der Waals surface area contributed by atoms with Crippen molar-refractivity contribution in [2.45, 2.75) is 45.1 Å². The van der Waals surface area contributed by atoms with Crippen LogP contribution in [0.4, 0.5) is 5.69 Å². The molecule has 28 heavy (non-hydrogen) atoms. The fourth-order valence-corrected chi connectivity index (χ4v) is 3.04. The van der Waals surface area contributed by atoms with E-state index >= 15 is 0 Å². The summed E-state index contributed by atoms with van der Waals surface area (Å²) in [5.74, 6) is 1.08. The SMILES string of the molecule is CC(C)(C)c1ccc(OCC(=O)Nc2ccccc2OCC2CCCO2)cc1. The van der Waals surface area contributed by atoms with Crippen molar-refractivity contribution in [2.75, 3.05) is 25.1 Å². The molecule has 1 aliphatic rings. The summed E-state index contributed by atoms with van der Waals surface area (Å²) in [6.07, 6.45) is 2.21. The molecule has 1 atom stereocenters. The van der Waals surface area contributed by atoms with Gasteiger partial charge in [0.25, 0.3) is 5.91 Å². The van der Waals surface area contributed by atoms with Gasteiger partial charge in [-0.25, -0.2) is 0 Å². The molecule has 2 aromatic carbocycles. The Kier molecular flexibility index (Phi) is 6.57. The summed E-state index contributed by atoms with van der Waals surface area (Å²) in [6, 6.07) is 15.3. The molecule has 1 heterocycles. The van der Waals surface area contributed by atoms with Gasteiger partial charge in [-0.1, -0.05) is 45.0 Å². The van der Waals surface area contributed by atoms with Gasteiger partial charge in [-0.05, 0) is 48.1 Å². The van der Waals surface area contributed by atoms with Crippen LogP contribution < -0.4 is 14.8 Å². The standard InChI is InChI=1S/C23H29NO4/c1-23(2,3)17-10-12-18(13-11-17)27-16-22(25)24-20-8-4-5-9-21(20)28-15-19-7-6-14-26-19/h4-5,8-13,19H,6-7,14-16H2,1-3H3,(H,24,25). The summed E-state index contributed by atoms with van der Waals surface area (Å²) >= 11 is 0. The molecule has 2 aromatic rings. The van der Waals surface area contributed by atoms with Crippen molar-refractivity contribution < 1.29 is 19.0 Å². The smallest absolute Gasteiger partial charge is 0.262 e. The van der Waals surface area contributed by atoms with Gasteiger partial charge in [0.2, 0.25) is 0 Å². The first-order chi connectivity index (χ1) is 13.4. The second kappa shape index (κ2) is 9.11. The lowest BCUT2D eigenvalue weighted by Gasteiger charge is -2.19. The van der Waals surface area contributed by atoms with Crippen LogP contribution in [0.15, 0.2) is 48.5 Å². The molecule has 1 N–H and O–H groups in total. The van der Waals surface area contributed by atoms with Crippen molar-refractivity contribution in [3.8, 4) is 11.5 Å². The predicted molar refractivity (Wildman–Crippen MR) is 110 cm³/mol. The van der Waals surface area contributed by atoms with Gasteiger partial charge >= 0.3 is 0 Å². The minimum atomic E-state index is -0.229. The summed E-state index contributed by atoms with van der Waals surface area (Å²) in [4.78, 5) is 12.3. The van der Waals surface area contributed by atoms with Gasteiger partial charge in [-0.15, -0.1) is 0 Å². The summed E-state index contributed by atoms with van der Waals surface area (Å²) in [6.45, 7) is 7.71. The molecule has 0 radical (unpaired) electrons. The van der Waals surface area contributed by atoms with E-state index in [2.05, 4.69) is 26.1 Å². The van der Waals surface area contributed by atoms with Crippen molar-refractivity contribution in [1.82, 2.24) is 0 Å². The van der Waals surface area contributed by atoms with Crippen LogP contribution in [0.3, 0.4) is 0 Å². The van der Waals surface area contributed by atoms with E-state index in [9.17, 15) is 4.79 Å². The fourth-order valence-electron chi connectivity index (χ4n) is 3.04. The zero-order chi connectivity index (χ0) is 20.0. The van der Waals surface area contributed by atoms with E-state index in [-0.39, 0.29) is 24.0 Å². The van der Waals surface area contributed by atoms with Crippen molar-refractivity contribution in [1.29, 1.82) is 0 Å². The number of para-hydroxylation sites is 2. The predicted octanol–water partition coefficient (Wildman–Crippen LogP) is 4.56. The molecule has 150 valence electrons. The molecule has 1 saturated heterocycles. The van der Waals surface area contributed by atoms with Gasteiger partial charge in [0.15, 0.2) is 6.61 Å². The lowest BCUT2D eigenvalue weighted by Crippen LogP contribution is -2.21. The largest absolute Gasteiger partial charge is 0.489 e. The van der Waals surface area contributed by atoms with E-state index in [1.54, 1.807) is 0 Å². The maximum atomic E-state index is 12.3. The molecule has 0 saturated carbocycles. The van der Waals surface area contributed by atoms with Crippen LogP contribution in [0.25, 0.3) is 0 Å². The van der Waals surface area contributed by atoms with Crippen molar-refractivity contribution >= 4 is 11.6 Å². The number of carbonyl (C=O) groups is 1. The molecule has 5 nitrogen and oxygen atoms in total. The third kappa shape index (κ3) is 5.73. The van der Waals surface area contributed by atoms with Gasteiger partial charge in [0.1, 0.15) is 18.1 Å². The molecule has 0 spiro atoms. The van der Waals surface area contributed by atoms with E-state index in [4.69, 9.17) is 14.2 Å². The van der Waals surface area contributed by atoms with Crippen LogP contribution in [0.1, 0.15) is 39.2 Å². The van der Waals surface area contributed by atoms with Crippen molar-refractivity contribution in [2.24, 2.45) is 0 Å². The van der Waals surface area contributed by atoms with Gasteiger partial charge in [0, 0.05) is 6.61 Å². The molecule has 1 amide bonds. The Bertz CT molecular complexity index is 774. The van der Waals surface area contributed by atoms with Crippen LogP contribution in [0, 0.1) is 0 Å². The number of rotatable bonds is 7. The molecule has 0 aromatic heterocycles. The lowest BCUT2D eigenvalue weighted by atomic mass is 9.87. The molecule has 1 unspecified atom stereocenters. The average Bonchev–Trinajstić information content (AvgIpc) is 3.19. The summed E-state index contributed by atoms with van der Waals surface area (Å²) in [5, 5.41) is 2.86. The Morgan fingerprint density at radius 1 is 1.11 bits per heavy atom. The third-order valence-electron chi connectivity index (χ3n) is 4.70. The van der Waals surface area contributed by atoms with Gasteiger partial charge in [0.05, 0.1) is 11.8 Å². The maximum absolute atomic E-state index is 12.3. The maximum Gasteiger partial charge on any atom is 0.262 e. The highest BCUT2D eigenvalue weighted by molar-refractivity contribution is 5.93. The van der Waals surface area contributed by atoms with Crippen LogP contribution in [-0.2, 0) is 14.9 Å². The normalized spacial score (nSPS) is 16.6. The number of nitrogens with one attached hydrogen (secondary N) is 1. The summed E-state index contributed by atoms with van der Waals surface area (Å²) < 4.78 is 17.0. The number of benzene rings is 2. The van der Waals surface area contributed by atoms with Crippen molar-refractivity contribution in [3.05, 3.63) is 54.1 Å². The number of hydrogen-bond acceptors (Lipinski definition) is 4. The highest BCUT2D eigenvalue weighted by Gasteiger charge is 2.17. The van der Waals surface area contributed by atoms with E-state index in [1.165, 1.54) is 5.56 Å². The van der Waals surface area contributed by atoms with Crippen LogP contribution in [-0.4, -0.2) is 31.8 Å². The minimum Gasteiger partial charge on any atom is -0.489 e. The zero-order valence-corrected chi connectivity index (χ0v) is 16.9. The topological polar surface area (TPSA) is 56.8 Å². The monoisotopic (exact) mass is 383 g/mol. The number of ether oxygens (including phenoxy) is 3. The molecule has 1 fully saturated rings. The highest BCUT2D eigenvalue weighted by Crippen LogP contribution is 2.26. The molecular weight excluding hydrogens is 354 g/mol. The van der Waals surface area contributed by atoms with E-state index < -0.39 is 0 Å². The van der Waals surface area contributed by atoms with Crippen LogP contribution in [0.5, 0.6) is 11.5 Å². The summed E-state index contributed by atoms with van der Waals surface area (Å²) in [5.41, 5.74) is 1.95. The van der Waals surface area contributed by atoms with E-state index in [1.807, 2.05) is 48.5 Å². The minimum absolute atomic E-state index is 0.0606. The first-order valence-electron chi connectivity index (χ1n) is 9.78. The van der Waals surface area contributed by atoms with E-state index in [0.717, 1.165) is 19.4 Å². The fraction of sp³-hybridized carbons (Fsp3) is 0.435. The number of hydrogen-bond donors (Lipinski definition) is 1. The first kappa shape index (κ1) is 20.2. The third-order valence-corrected chi connectivity index (χ3v) is 4.70. The zero-order valence-electron chi connectivity index (χ0n) is 16.9. The molecule has 0 bridgehead atoms. The molecule has 5 heteroatoms. The van der Waals surface area contributed by atoms with Gasteiger partial charge in [-0.2, -0.15) is 0 Å². The van der Waals surface area contributed by atoms with Crippen molar-refractivity contribution in [3.63, 3.8) is 0 Å². The lowest BCUT2D eigenvalue weighted by molar-refractivity contribution is -0.118. The Labute approximate surface area is 167 Å². The first-order valence-corrected chi connectivity index (χ1v) is 9.78. The van der Waals surface area contributed by atoms with Gasteiger partial charge < -0.3 is 19.5 Å². The Hall–Kier alpha value is -2.53. The van der Waals surface area contributed by atoms with Crippen LogP contribution in [0.2, 0.25) is 0 Å². The number of carbonyl (C=O) groups excluding carboxylic acids is 1. The van der Waals surface area contributed by atoms with Crippen LogP contribution >= 0.6 is 0 Å². The summed E-state index contributed by atoms with van der Waals surface area (Å²) in [7, 11) is 0. The average molecular weight is 383 g/mol. The quantitative estimate of drug-likeness (QED) is 0.761. The Balaban J connectivity index is 1.52. The molecular formula is C23H29NO4. The Morgan fingerprint density at radius 3 is 2.54 bits per heavy atom. The molecule has 1 aliphatic heterocycles. The Morgan fingerprint density at radius 2 is 1.86 bits per heavy atom.